The SMILES string of the molecule is CC[C@H](C)[C@H](NC(=O)CN1CCN(c2ccc([N+](=O)[O-])cc2)CC1)C(=O)OC. The number of carbonyl (C=O) groups excluding carboxylic acids is 2. The van der Waals surface area contributed by atoms with Gasteiger partial charge in [-0.05, 0) is 18.1 Å². The lowest BCUT2D eigenvalue weighted by atomic mass is 9.99. The number of hydrogen-bond acceptors (Lipinski definition) is 7. The molecular weight excluding hydrogens is 364 g/mol. The van der Waals surface area contributed by atoms with Gasteiger partial charge in [-0.15, -0.1) is 0 Å². The molecule has 0 bridgehead atoms. The predicted molar refractivity (Wildman–Crippen MR) is 105 cm³/mol. The van der Waals surface area contributed by atoms with Crippen LogP contribution >= 0.6 is 0 Å². The van der Waals surface area contributed by atoms with Gasteiger partial charge in [-0.25, -0.2) is 4.79 Å². The number of ether oxygens (including phenoxy) is 1. The second-order valence-corrected chi connectivity index (χ2v) is 6.99. The smallest absolute Gasteiger partial charge is 0.328 e. The monoisotopic (exact) mass is 392 g/mol. The maximum absolute atomic E-state index is 12.4. The number of benzene rings is 1. The van der Waals surface area contributed by atoms with Crippen molar-refractivity contribution in [1.29, 1.82) is 0 Å². The van der Waals surface area contributed by atoms with Crippen molar-refractivity contribution < 1.29 is 19.2 Å². The van der Waals surface area contributed by atoms with Gasteiger partial charge in [0.05, 0.1) is 18.6 Å². The standard InChI is InChI=1S/C19H28N4O5/c1-4-14(2)18(19(25)28-3)20-17(24)13-21-9-11-22(12-10-21)15-5-7-16(8-6-15)23(26)27/h5-8,14,18H,4,9-13H2,1-3H3,(H,20,24)/t14-,18-/m0/s1. The molecule has 1 aromatic rings. The third kappa shape index (κ3) is 5.66. The first-order chi connectivity index (χ1) is 13.3. The first kappa shape index (κ1) is 21.6. The zero-order valence-electron chi connectivity index (χ0n) is 16.6. The van der Waals surface area contributed by atoms with E-state index in [-0.39, 0.29) is 24.1 Å². The van der Waals surface area contributed by atoms with Crippen molar-refractivity contribution in [2.75, 3.05) is 44.7 Å². The second-order valence-electron chi connectivity index (χ2n) is 6.99. The summed E-state index contributed by atoms with van der Waals surface area (Å²) in [4.78, 5) is 38.8. The molecule has 2 atom stereocenters. The van der Waals surface area contributed by atoms with Gasteiger partial charge in [0.15, 0.2) is 0 Å². The molecule has 1 amide bonds. The van der Waals surface area contributed by atoms with Gasteiger partial charge in [0.2, 0.25) is 5.91 Å². The third-order valence-corrected chi connectivity index (χ3v) is 5.15. The number of rotatable bonds is 8. The lowest BCUT2D eigenvalue weighted by molar-refractivity contribution is -0.384. The van der Waals surface area contributed by atoms with E-state index in [1.807, 2.05) is 18.7 Å². The molecule has 0 saturated carbocycles. The van der Waals surface area contributed by atoms with Gasteiger partial charge in [-0.3, -0.25) is 19.8 Å². The van der Waals surface area contributed by atoms with Crippen molar-refractivity contribution in [3.63, 3.8) is 0 Å². The Morgan fingerprint density at radius 2 is 1.82 bits per heavy atom. The lowest BCUT2D eigenvalue weighted by Gasteiger charge is -2.36. The molecule has 2 rings (SSSR count). The fraction of sp³-hybridized carbons (Fsp3) is 0.579. The van der Waals surface area contributed by atoms with Crippen LogP contribution in [0, 0.1) is 16.0 Å². The number of hydrogen-bond donors (Lipinski definition) is 1. The molecule has 154 valence electrons. The summed E-state index contributed by atoms with van der Waals surface area (Å²) in [7, 11) is 1.32. The summed E-state index contributed by atoms with van der Waals surface area (Å²) in [5, 5.41) is 13.5. The molecule has 1 saturated heterocycles. The van der Waals surface area contributed by atoms with Crippen molar-refractivity contribution in [2.24, 2.45) is 5.92 Å². The fourth-order valence-corrected chi connectivity index (χ4v) is 3.17. The highest BCUT2D eigenvalue weighted by Crippen LogP contribution is 2.20. The number of nitrogens with one attached hydrogen (secondary N) is 1. The van der Waals surface area contributed by atoms with Crippen LogP contribution in [0.5, 0.6) is 0 Å². The number of esters is 1. The number of anilines is 1. The molecule has 1 aromatic carbocycles. The van der Waals surface area contributed by atoms with Gasteiger partial charge < -0.3 is 15.0 Å². The van der Waals surface area contributed by atoms with Gasteiger partial charge in [-0.1, -0.05) is 20.3 Å². The van der Waals surface area contributed by atoms with Crippen LogP contribution in [0.15, 0.2) is 24.3 Å². The van der Waals surface area contributed by atoms with E-state index in [2.05, 4.69) is 10.2 Å². The first-order valence-corrected chi connectivity index (χ1v) is 9.44. The summed E-state index contributed by atoms with van der Waals surface area (Å²) in [5.74, 6) is -0.624. The molecule has 1 aliphatic heterocycles. The number of nitro groups is 1. The van der Waals surface area contributed by atoms with Crippen LogP contribution in [0.1, 0.15) is 20.3 Å². The highest BCUT2D eigenvalue weighted by Gasteiger charge is 2.28. The number of nitrogens with zero attached hydrogens (tertiary/aromatic N) is 3. The number of non-ortho nitro benzene ring substituents is 1. The zero-order chi connectivity index (χ0) is 20.7. The van der Waals surface area contributed by atoms with Crippen LogP contribution < -0.4 is 10.2 Å². The summed E-state index contributed by atoms with van der Waals surface area (Å²) in [6.45, 7) is 6.91. The fourth-order valence-electron chi connectivity index (χ4n) is 3.17. The zero-order valence-corrected chi connectivity index (χ0v) is 16.6. The summed E-state index contributed by atoms with van der Waals surface area (Å²) in [6.07, 6.45) is 0.758. The van der Waals surface area contributed by atoms with E-state index in [0.717, 1.165) is 25.2 Å². The minimum Gasteiger partial charge on any atom is -0.467 e. The van der Waals surface area contributed by atoms with E-state index in [9.17, 15) is 19.7 Å². The van der Waals surface area contributed by atoms with E-state index in [4.69, 9.17) is 4.74 Å². The highest BCUT2D eigenvalue weighted by molar-refractivity contribution is 5.85. The Morgan fingerprint density at radius 3 is 2.32 bits per heavy atom. The van der Waals surface area contributed by atoms with Crippen LogP contribution in [0.4, 0.5) is 11.4 Å². The van der Waals surface area contributed by atoms with E-state index in [0.29, 0.717) is 13.1 Å². The second kappa shape index (κ2) is 10.0. The maximum Gasteiger partial charge on any atom is 0.328 e. The van der Waals surface area contributed by atoms with Crippen LogP contribution in [-0.4, -0.2) is 67.6 Å². The Kier molecular flexibility index (Phi) is 7.74. The molecule has 1 aliphatic rings. The van der Waals surface area contributed by atoms with Gasteiger partial charge in [-0.2, -0.15) is 0 Å². The molecule has 0 spiro atoms. The predicted octanol–water partition coefficient (Wildman–Crippen LogP) is 1.42. The van der Waals surface area contributed by atoms with E-state index < -0.39 is 16.9 Å². The van der Waals surface area contributed by atoms with E-state index in [1.165, 1.54) is 19.2 Å². The van der Waals surface area contributed by atoms with Gasteiger partial charge in [0.1, 0.15) is 6.04 Å². The van der Waals surface area contributed by atoms with E-state index >= 15 is 0 Å². The van der Waals surface area contributed by atoms with E-state index in [1.54, 1.807) is 12.1 Å². The molecule has 0 aliphatic carbocycles. The number of nitro benzene ring substituents is 1. The number of methoxy groups -OCH3 is 1. The minimum absolute atomic E-state index is 0.00427. The molecular formula is C19H28N4O5. The van der Waals surface area contributed by atoms with Crippen molar-refractivity contribution in [2.45, 2.75) is 26.3 Å². The number of amides is 1. The normalized spacial score (nSPS) is 16.9. The topological polar surface area (TPSA) is 105 Å². The van der Waals surface area contributed by atoms with Gasteiger partial charge in [0, 0.05) is 44.0 Å². The summed E-state index contributed by atoms with van der Waals surface area (Å²) in [5.41, 5.74) is 0.998. The average Bonchev–Trinajstić information content (AvgIpc) is 2.71. The summed E-state index contributed by atoms with van der Waals surface area (Å²) < 4.78 is 4.80. The average molecular weight is 392 g/mol. The summed E-state index contributed by atoms with van der Waals surface area (Å²) in [6, 6.07) is 5.85. The minimum atomic E-state index is -0.635. The molecule has 28 heavy (non-hydrogen) atoms. The first-order valence-electron chi connectivity index (χ1n) is 9.44. The molecule has 1 fully saturated rings. The molecule has 0 unspecified atom stereocenters. The molecule has 9 nitrogen and oxygen atoms in total. The van der Waals surface area contributed by atoms with Crippen LogP contribution in [-0.2, 0) is 14.3 Å². The Balaban J connectivity index is 1.85. The number of piperazine rings is 1. The largest absolute Gasteiger partial charge is 0.467 e. The summed E-state index contributed by atoms with van der Waals surface area (Å²) >= 11 is 0. The highest BCUT2D eigenvalue weighted by atomic mass is 16.6. The van der Waals surface area contributed by atoms with Crippen molar-refractivity contribution in [3.8, 4) is 0 Å². The van der Waals surface area contributed by atoms with Crippen LogP contribution in [0.3, 0.4) is 0 Å². The van der Waals surface area contributed by atoms with Gasteiger partial charge in [0.25, 0.3) is 5.69 Å². The quantitative estimate of drug-likeness (QED) is 0.405. The van der Waals surface area contributed by atoms with Crippen molar-refractivity contribution in [1.82, 2.24) is 10.2 Å². The third-order valence-electron chi connectivity index (χ3n) is 5.15. The van der Waals surface area contributed by atoms with Crippen LogP contribution in [0.25, 0.3) is 0 Å². The van der Waals surface area contributed by atoms with Gasteiger partial charge >= 0.3 is 5.97 Å². The maximum atomic E-state index is 12.4. The lowest BCUT2D eigenvalue weighted by Crippen LogP contribution is -2.52. The molecule has 1 heterocycles. The Labute approximate surface area is 164 Å². The van der Waals surface area contributed by atoms with Crippen LogP contribution in [0.2, 0.25) is 0 Å². The molecule has 0 aromatic heterocycles. The van der Waals surface area contributed by atoms with Crippen molar-refractivity contribution in [3.05, 3.63) is 34.4 Å². The molecule has 1 N–H and O–H groups in total. The molecule has 0 radical (unpaired) electrons. The Hall–Kier alpha value is -2.68. The van der Waals surface area contributed by atoms with Crippen molar-refractivity contribution >= 4 is 23.3 Å². The Bertz CT molecular complexity index is 686. The Morgan fingerprint density at radius 1 is 1.21 bits per heavy atom. The number of carbonyl (C=O) groups is 2. The molecule has 9 heteroatoms.